The zero-order chi connectivity index (χ0) is 13.9. The largest absolute Gasteiger partial charge is 0.493 e. The molecule has 2 unspecified atom stereocenters. The van der Waals surface area contributed by atoms with Gasteiger partial charge in [0, 0.05) is 12.5 Å². The van der Waals surface area contributed by atoms with Crippen LogP contribution in [0.3, 0.4) is 0 Å². The van der Waals surface area contributed by atoms with Gasteiger partial charge in [0.15, 0.2) is 0 Å². The third kappa shape index (κ3) is 2.85. The molecule has 0 bridgehead atoms. The Kier molecular flexibility index (Phi) is 4.30. The molecule has 2 heteroatoms. The summed E-state index contributed by atoms with van der Waals surface area (Å²) in [6.07, 6.45) is 6.52. The normalized spacial score (nSPS) is 25.6. The number of hydrogen-bond acceptors (Lipinski definition) is 2. The minimum atomic E-state index is 0.579. The van der Waals surface area contributed by atoms with Gasteiger partial charge in [0.25, 0.3) is 0 Å². The van der Waals surface area contributed by atoms with E-state index in [1.54, 1.807) is 0 Å². The van der Waals surface area contributed by atoms with Crippen LogP contribution in [0, 0.1) is 5.92 Å². The molecule has 2 nitrogen and oxygen atoms in total. The molecule has 0 spiro atoms. The average Bonchev–Trinajstić information content (AvgIpc) is 2.93. The average molecular weight is 273 g/mol. The summed E-state index contributed by atoms with van der Waals surface area (Å²) in [5.41, 5.74) is 2.90. The summed E-state index contributed by atoms with van der Waals surface area (Å²) in [5.74, 6) is 2.67. The second-order valence-electron chi connectivity index (χ2n) is 6.65. The third-order valence-electron chi connectivity index (χ3n) is 4.84. The van der Waals surface area contributed by atoms with Crippen molar-refractivity contribution >= 4 is 0 Å². The molecule has 1 aliphatic heterocycles. The van der Waals surface area contributed by atoms with Crippen molar-refractivity contribution in [2.75, 3.05) is 13.2 Å². The Morgan fingerprint density at radius 2 is 2.10 bits per heavy atom. The molecule has 0 amide bonds. The van der Waals surface area contributed by atoms with E-state index in [-0.39, 0.29) is 0 Å². The molecular formula is C18H27NO. The lowest BCUT2D eigenvalue weighted by Crippen LogP contribution is -2.33. The molecule has 1 fully saturated rings. The first-order valence-corrected chi connectivity index (χ1v) is 8.23. The molecule has 1 aromatic rings. The molecule has 1 aromatic carbocycles. The number of ether oxygens (including phenoxy) is 1. The van der Waals surface area contributed by atoms with Gasteiger partial charge in [0.1, 0.15) is 5.75 Å². The smallest absolute Gasteiger partial charge is 0.126 e. The Labute approximate surface area is 122 Å². The van der Waals surface area contributed by atoms with Gasteiger partial charge in [0.05, 0.1) is 6.61 Å². The van der Waals surface area contributed by atoms with Crippen LogP contribution in [-0.4, -0.2) is 19.2 Å². The minimum absolute atomic E-state index is 0.579. The molecule has 1 N–H and O–H groups in total. The summed E-state index contributed by atoms with van der Waals surface area (Å²) in [5, 5.41) is 3.64. The number of nitrogens with one attached hydrogen (secondary N) is 1. The zero-order valence-electron chi connectivity index (χ0n) is 12.8. The van der Waals surface area contributed by atoms with Gasteiger partial charge in [-0.25, -0.2) is 0 Å². The van der Waals surface area contributed by atoms with Crippen molar-refractivity contribution in [3.8, 4) is 5.75 Å². The first-order chi connectivity index (χ1) is 9.75. The van der Waals surface area contributed by atoms with E-state index in [2.05, 4.69) is 37.4 Å². The predicted molar refractivity (Wildman–Crippen MR) is 83.5 cm³/mol. The minimum Gasteiger partial charge on any atom is -0.493 e. The molecule has 2 atom stereocenters. The molecule has 110 valence electrons. The van der Waals surface area contributed by atoms with Crippen LogP contribution in [0.25, 0.3) is 0 Å². The maximum Gasteiger partial charge on any atom is 0.126 e. The highest BCUT2D eigenvalue weighted by atomic mass is 16.5. The van der Waals surface area contributed by atoms with Crippen LogP contribution >= 0.6 is 0 Å². The van der Waals surface area contributed by atoms with E-state index in [4.69, 9.17) is 4.74 Å². The van der Waals surface area contributed by atoms with Crippen molar-refractivity contribution < 1.29 is 4.74 Å². The van der Waals surface area contributed by atoms with Crippen LogP contribution in [0.1, 0.15) is 56.6 Å². The van der Waals surface area contributed by atoms with Crippen molar-refractivity contribution in [2.45, 2.75) is 57.9 Å². The summed E-state index contributed by atoms with van der Waals surface area (Å²) >= 11 is 0. The zero-order valence-corrected chi connectivity index (χ0v) is 12.8. The van der Waals surface area contributed by atoms with Crippen molar-refractivity contribution in [3.63, 3.8) is 0 Å². The van der Waals surface area contributed by atoms with Crippen molar-refractivity contribution in [1.82, 2.24) is 5.32 Å². The van der Waals surface area contributed by atoms with Crippen LogP contribution < -0.4 is 10.1 Å². The van der Waals surface area contributed by atoms with Crippen molar-refractivity contribution in [2.24, 2.45) is 5.92 Å². The maximum atomic E-state index is 5.94. The van der Waals surface area contributed by atoms with Gasteiger partial charge in [-0.2, -0.15) is 0 Å². The van der Waals surface area contributed by atoms with E-state index in [0.29, 0.717) is 12.0 Å². The monoisotopic (exact) mass is 273 g/mol. The fraction of sp³-hybridized carbons (Fsp3) is 0.667. The molecule has 0 saturated heterocycles. The molecular weight excluding hydrogens is 246 g/mol. The maximum absolute atomic E-state index is 5.94. The van der Waals surface area contributed by atoms with Crippen LogP contribution in [0.5, 0.6) is 5.75 Å². The molecule has 1 heterocycles. The number of hydrogen-bond donors (Lipinski definition) is 1. The van der Waals surface area contributed by atoms with Gasteiger partial charge in [-0.15, -0.1) is 0 Å². The number of rotatable bonds is 4. The molecule has 3 rings (SSSR count). The molecule has 1 saturated carbocycles. The standard InChI is InChI=1S/C18H27NO/c1-13(2)19-12-15-6-3-4-8-16(15)17-9-5-7-14-10-11-20-18(14)17/h5,7,9,13,15-16,19H,3-4,6,8,10-12H2,1-2H3. The van der Waals surface area contributed by atoms with Crippen LogP contribution in [0.2, 0.25) is 0 Å². The fourth-order valence-electron chi connectivity index (χ4n) is 3.78. The lowest BCUT2D eigenvalue weighted by Gasteiger charge is -2.33. The van der Waals surface area contributed by atoms with E-state index < -0.39 is 0 Å². The van der Waals surface area contributed by atoms with E-state index >= 15 is 0 Å². The number of fused-ring (bicyclic) bond motifs is 1. The Morgan fingerprint density at radius 1 is 1.25 bits per heavy atom. The van der Waals surface area contributed by atoms with Crippen molar-refractivity contribution in [1.29, 1.82) is 0 Å². The van der Waals surface area contributed by atoms with Gasteiger partial charge in [0.2, 0.25) is 0 Å². The summed E-state index contributed by atoms with van der Waals surface area (Å²) in [6, 6.07) is 7.35. The van der Waals surface area contributed by atoms with Gasteiger partial charge in [-0.1, -0.05) is 44.9 Å². The first kappa shape index (κ1) is 13.9. The van der Waals surface area contributed by atoms with Crippen LogP contribution in [-0.2, 0) is 6.42 Å². The van der Waals surface area contributed by atoms with E-state index in [9.17, 15) is 0 Å². The van der Waals surface area contributed by atoms with Gasteiger partial charge in [-0.3, -0.25) is 0 Å². The lowest BCUT2D eigenvalue weighted by atomic mass is 9.74. The highest BCUT2D eigenvalue weighted by Crippen LogP contribution is 2.43. The fourth-order valence-corrected chi connectivity index (χ4v) is 3.78. The summed E-state index contributed by atoms with van der Waals surface area (Å²) in [4.78, 5) is 0. The van der Waals surface area contributed by atoms with Crippen LogP contribution in [0.4, 0.5) is 0 Å². The van der Waals surface area contributed by atoms with Gasteiger partial charge in [-0.05, 0) is 42.3 Å². The van der Waals surface area contributed by atoms with Crippen molar-refractivity contribution in [3.05, 3.63) is 29.3 Å². The molecule has 0 aromatic heterocycles. The Hall–Kier alpha value is -1.02. The SMILES string of the molecule is CC(C)NCC1CCCCC1c1cccc2c1OCC2. The second kappa shape index (κ2) is 6.17. The quantitative estimate of drug-likeness (QED) is 0.898. The predicted octanol–water partition coefficient (Wildman–Crippen LogP) is 3.89. The number of benzene rings is 1. The molecule has 0 radical (unpaired) electrons. The lowest BCUT2D eigenvalue weighted by molar-refractivity contribution is 0.279. The molecule has 20 heavy (non-hydrogen) atoms. The molecule has 1 aliphatic carbocycles. The number of para-hydroxylation sites is 1. The third-order valence-corrected chi connectivity index (χ3v) is 4.84. The van der Waals surface area contributed by atoms with E-state index in [1.165, 1.54) is 42.6 Å². The highest BCUT2D eigenvalue weighted by Gasteiger charge is 2.30. The summed E-state index contributed by atoms with van der Waals surface area (Å²) in [6.45, 7) is 6.49. The first-order valence-electron chi connectivity index (χ1n) is 8.23. The van der Waals surface area contributed by atoms with Gasteiger partial charge < -0.3 is 10.1 Å². The molecule has 2 aliphatic rings. The van der Waals surface area contributed by atoms with E-state index in [0.717, 1.165) is 25.5 Å². The van der Waals surface area contributed by atoms with Gasteiger partial charge >= 0.3 is 0 Å². The van der Waals surface area contributed by atoms with Crippen LogP contribution in [0.15, 0.2) is 18.2 Å². The summed E-state index contributed by atoms with van der Waals surface area (Å²) in [7, 11) is 0. The Balaban J connectivity index is 1.81. The summed E-state index contributed by atoms with van der Waals surface area (Å²) < 4.78 is 5.94. The Morgan fingerprint density at radius 3 is 2.95 bits per heavy atom. The highest BCUT2D eigenvalue weighted by molar-refractivity contribution is 5.46. The Bertz CT molecular complexity index is 455. The second-order valence-corrected chi connectivity index (χ2v) is 6.65. The topological polar surface area (TPSA) is 21.3 Å². The van der Waals surface area contributed by atoms with E-state index in [1.807, 2.05) is 0 Å².